The van der Waals surface area contributed by atoms with Crippen molar-refractivity contribution < 1.29 is 9.53 Å². The number of benzene rings is 1. The number of carbonyl (C=O) groups is 1. The average molecular weight is 313 g/mol. The molecule has 0 N–H and O–H groups in total. The lowest BCUT2D eigenvalue weighted by Crippen LogP contribution is -1.98. The van der Waals surface area contributed by atoms with Gasteiger partial charge < -0.3 is 4.74 Å². The van der Waals surface area contributed by atoms with Crippen molar-refractivity contribution in [2.75, 3.05) is 6.61 Å². The fraction of sp³-hybridized carbons (Fsp3) is 0.611. The Balaban J connectivity index is 0.00000191. The largest absolute Gasteiger partial charge is 0.492 e. The quantitative estimate of drug-likeness (QED) is 0.570. The molecule has 1 aromatic rings. The number of ether oxygens (including phenoxy) is 1. The van der Waals surface area contributed by atoms with E-state index in [2.05, 4.69) is 6.07 Å². The molecule has 0 spiro atoms. The Labute approximate surface area is 134 Å². The molecule has 0 heterocycles. The molecule has 0 fully saturated rings. The second-order valence-corrected chi connectivity index (χ2v) is 5.15. The Bertz CT molecular complexity index is 427. The van der Waals surface area contributed by atoms with Crippen molar-refractivity contribution in [1.82, 2.24) is 0 Å². The van der Waals surface area contributed by atoms with E-state index in [0.29, 0.717) is 30.3 Å². The monoisotopic (exact) mass is 312 g/mol. The molecule has 0 unspecified atom stereocenters. The summed E-state index contributed by atoms with van der Waals surface area (Å²) in [5.74, 6) is 1.11. The summed E-state index contributed by atoms with van der Waals surface area (Å²) in [5, 5.41) is 0.717. The number of unbranched alkanes of at least 4 members (excludes halogenated alkanes) is 1. The van der Waals surface area contributed by atoms with Crippen LogP contribution in [0.4, 0.5) is 0 Å². The van der Waals surface area contributed by atoms with Crippen LogP contribution in [0.15, 0.2) is 12.1 Å². The van der Waals surface area contributed by atoms with Crippen molar-refractivity contribution in [3.8, 4) is 5.75 Å². The molecule has 0 aliphatic carbocycles. The van der Waals surface area contributed by atoms with Crippen LogP contribution in [0.2, 0.25) is 5.02 Å². The molecule has 0 aromatic heterocycles. The minimum atomic E-state index is 0.338. The maximum absolute atomic E-state index is 11.2. The number of carbonyl (C=O) groups excluding carboxylic acids is 1. The Morgan fingerprint density at radius 3 is 2.43 bits per heavy atom. The first kappa shape index (κ1) is 20.0. The summed E-state index contributed by atoms with van der Waals surface area (Å²) in [6.45, 7) is 10.5. The van der Waals surface area contributed by atoms with Gasteiger partial charge in [-0.1, -0.05) is 38.4 Å². The van der Waals surface area contributed by atoms with Gasteiger partial charge in [-0.3, -0.25) is 4.79 Å². The lowest BCUT2D eigenvalue weighted by atomic mass is 10.0. The number of ketones is 1. The van der Waals surface area contributed by atoms with Gasteiger partial charge in [0.15, 0.2) is 0 Å². The third-order valence-corrected chi connectivity index (χ3v) is 3.53. The molecular formula is C18H29ClO2. The number of halogens is 1. The van der Waals surface area contributed by atoms with Crippen LogP contribution in [0.5, 0.6) is 5.75 Å². The maximum atomic E-state index is 11.2. The van der Waals surface area contributed by atoms with E-state index in [0.717, 1.165) is 36.1 Å². The summed E-state index contributed by atoms with van der Waals surface area (Å²) >= 11 is 6.34. The Morgan fingerprint density at radius 1 is 1.19 bits per heavy atom. The summed E-state index contributed by atoms with van der Waals surface area (Å²) in [4.78, 5) is 11.2. The number of hydrogen-bond acceptors (Lipinski definition) is 2. The third kappa shape index (κ3) is 7.52. The van der Waals surface area contributed by atoms with Crippen LogP contribution < -0.4 is 4.74 Å². The lowest BCUT2D eigenvalue weighted by Gasteiger charge is -2.11. The smallest absolute Gasteiger partial charge is 0.138 e. The van der Waals surface area contributed by atoms with E-state index in [-0.39, 0.29) is 0 Å². The molecule has 3 heteroatoms. The van der Waals surface area contributed by atoms with E-state index in [1.165, 1.54) is 0 Å². The van der Waals surface area contributed by atoms with Crippen LogP contribution >= 0.6 is 11.6 Å². The molecule has 0 saturated heterocycles. The van der Waals surface area contributed by atoms with Gasteiger partial charge in [0, 0.05) is 12.8 Å². The van der Waals surface area contributed by atoms with Crippen LogP contribution in [0.1, 0.15) is 64.5 Å². The predicted octanol–water partition coefficient (Wildman–Crippen LogP) is 5.77. The number of hydrogen-bond donors (Lipinski definition) is 0. The van der Waals surface area contributed by atoms with E-state index >= 15 is 0 Å². The van der Waals surface area contributed by atoms with Crippen LogP contribution in [0.3, 0.4) is 0 Å². The van der Waals surface area contributed by atoms with Gasteiger partial charge in [-0.05, 0) is 50.3 Å². The first-order chi connectivity index (χ1) is 10.1. The van der Waals surface area contributed by atoms with E-state index < -0.39 is 0 Å². The molecule has 2 nitrogen and oxygen atoms in total. The van der Waals surface area contributed by atoms with Crippen molar-refractivity contribution in [2.45, 2.75) is 66.7 Å². The Kier molecular flexibility index (Phi) is 11.1. The Hall–Kier alpha value is -1.02. The summed E-state index contributed by atoms with van der Waals surface area (Å²) < 4.78 is 5.53. The maximum Gasteiger partial charge on any atom is 0.138 e. The average Bonchev–Trinajstić information content (AvgIpc) is 2.49. The fourth-order valence-corrected chi connectivity index (χ4v) is 2.32. The summed E-state index contributed by atoms with van der Waals surface area (Å²) in [5.41, 5.74) is 2.28. The topological polar surface area (TPSA) is 26.3 Å². The fourth-order valence-electron chi connectivity index (χ4n) is 2.07. The summed E-state index contributed by atoms with van der Waals surface area (Å²) in [7, 11) is 0. The molecule has 0 atom stereocenters. The highest BCUT2D eigenvalue weighted by atomic mass is 35.5. The van der Waals surface area contributed by atoms with E-state index in [1.54, 1.807) is 0 Å². The van der Waals surface area contributed by atoms with E-state index in [9.17, 15) is 4.79 Å². The van der Waals surface area contributed by atoms with Crippen molar-refractivity contribution in [3.05, 3.63) is 28.3 Å². The third-order valence-electron chi connectivity index (χ3n) is 3.10. The molecule has 0 bridgehead atoms. The standard InChI is InChI=1S/C16H23ClO2.C2H6/c1-4-14(18)9-7-6-8-13-10-12(3)11-15(16(13)17)19-5-2;1-2/h10-11H,4-9H2,1-3H3;1-2H3. The zero-order valence-corrected chi connectivity index (χ0v) is 14.8. The molecule has 0 aliphatic heterocycles. The van der Waals surface area contributed by atoms with Gasteiger partial charge >= 0.3 is 0 Å². The molecule has 1 aromatic carbocycles. The zero-order chi connectivity index (χ0) is 16.3. The van der Waals surface area contributed by atoms with Gasteiger partial charge in [0.25, 0.3) is 0 Å². The number of Topliss-reactive ketones (excluding diaryl/α,β-unsaturated/α-hetero) is 1. The van der Waals surface area contributed by atoms with Gasteiger partial charge in [-0.2, -0.15) is 0 Å². The molecular weight excluding hydrogens is 284 g/mol. The van der Waals surface area contributed by atoms with Gasteiger partial charge in [0.1, 0.15) is 11.5 Å². The minimum Gasteiger partial charge on any atom is -0.492 e. The highest BCUT2D eigenvalue weighted by Gasteiger charge is 2.09. The highest BCUT2D eigenvalue weighted by molar-refractivity contribution is 6.32. The molecule has 120 valence electrons. The second kappa shape index (κ2) is 11.6. The Morgan fingerprint density at radius 2 is 1.86 bits per heavy atom. The number of aryl methyl sites for hydroxylation is 2. The number of rotatable bonds is 8. The molecule has 1 rings (SSSR count). The lowest BCUT2D eigenvalue weighted by molar-refractivity contribution is -0.118. The van der Waals surface area contributed by atoms with Crippen LogP contribution in [0, 0.1) is 6.92 Å². The normalized spacial score (nSPS) is 9.81. The highest BCUT2D eigenvalue weighted by Crippen LogP contribution is 2.31. The van der Waals surface area contributed by atoms with E-state index in [1.807, 2.05) is 40.7 Å². The second-order valence-electron chi connectivity index (χ2n) is 4.77. The van der Waals surface area contributed by atoms with Gasteiger partial charge in [-0.25, -0.2) is 0 Å². The van der Waals surface area contributed by atoms with Gasteiger partial charge in [0.2, 0.25) is 0 Å². The van der Waals surface area contributed by atoms with Crippen molar-refractivity contribution in [1.29, 1.82) is 0 Å². The van der Waals surface area contributed by atoms with E-state index in [4.69, 9.17) is 16.3 Å². The van der Waals surface area contributed by atoms with Crippen LogP contribution in [-0.2, 0) is 11.2 Å². The van der Waals surface area contributed by atoms with Crippen LogP contribution in [-0.4, -0.2) is 12.4 Å². The summed E-state index contributed by atoms with van der Waals surface area (Å²) in [6.07, 6.45) is 4.14. The van der Waals surface area contributed by atoms with Crippen molar-refractivity contribution >= 4 is 17.4 Å². The molecule has 0 aliphatic rings. The zero-order valence-electron chi connectivity index (χ0n) is 14.1. The van der Waals surface area contributed by atoms with Gasteiger partial charge in [0.05, 0.1) is 11.6 Å². The molecule has 0 amide bonds. The molecule has 0 radical (unpaired) electrons. The summed E-state index contributed by atoms with van der Waals surface area (Å²) in [6, 6.07) is 4.07. The SMILES string of the molecule is CC.CCOc1cc(C)cc(CCCCC(=O)CC)c1Cl. The van der Waals surface area contributed by atoms with Crippen molar-refractivity contribution in [3.63, 3.8) is 0 Å². The predicted molar refractivity (Wildman–Crippen MR) is 91.6 cm³/mol. The first-order valence-corrected chi connectivity index (χ1v) is 8.39. The van der Waals surface area contributed by atoms with Crippen molar-refractivity contribution in [2.24, 2.45) is 0 Å². The molecule has 21 heavy (non-hydrogen) atoms. The first-order valence-electron chi connectivity index (χ1n) is 8.02. The minimum absolute atomic E-state index is 0.338. The molecule has 0 saturated carbocycles. The van der Waals surface area contributed by atoms with Crippen LogP contribution in [0.25, 0.3) is 0 Å². The van der Waals surface area contributed by atoms with Gasteiger partial charge in [-0.15, -0.1) is 0 Å².